The summed E-state index contributed by atoms with van der Waals surface area (Å²) in [6.07, 6.45) is 8.43. The first kappa shape index (κ1) is 19.9. The molecule has 1 aromatic rings. The van der Waals surface area contributed by atoms with Crippen LogP contribution in [0.15, 0.2) is 18.2 Å². The highest BCUT2D eigenvalue weighted by atomic mass is 16.3. The van der Waals surface area contributed by atoms with E-state index in [4.69, 9.17) is 0 Å². The molecule has 28 heavy (non-hydrogen) atoms. The number of amides is 1. The summed E-state index contributed by atoms with van der Waals surface area (Å²) >= 11 is 0. The van der Waals surface area contributed by atoms with Gasteiger partial charge in [0.15, 0.2) is 0 Å². The van der Waals surface area contributed by atoms with Gasteiger partial charge in [0.05, 0.1) is 6.10 Å². The Morgan fingerprint density at radius 1 is 1.11 bits per heavy atom. The van der Waals surface area contributed by atoms with E-state index in [1.54, 1.807) is 0 Å². The Kier molecular flexibility index (Phi) is 6.07. The molecule has 1 aliphatic carbocycles. The number of rotatable bonds is 4. The van der Waals surface area contributed by atoms with Gasteiger partial charge >= 0.3 is 0 Å². The van der Waals surface area contributed by atoms with Crippen molar-refractivity contribution in [3.63, 3.8) is 0 Å². The van der Waals surface area contributed by atoms with Gasteiger partial charge in [-0.15, -0.1) is 0 Å². The minimum Gasteiger partial charge on any atom is -0.387 e. The third-order valence-corrected chi connectivity index (χ3v) is 7.17. The topological polar surface area (TPSA) is 43.8 Å². The van der Waals surface area contributed by atoms with Gasteiger partial charge in [0, 0.05) is 31.2 Å². The highest BCUT2D eigenvalue weighted by Crippen LogP contribution is 2.37. The summed E-state index contributed by atoms with van der Waals surface area (Å²) in [5.41, 5.74) is 3.26. The maximum atomic E-state index is 12.5. The van der Waals surface area contributed by atoms with Gasteiger partial charge in [-0.1, -0.05) is 45.2 Å². The largest absolute Gasteiger partial charge is 0.387 e. The van der Waals surface area contributed by atoms with Crippen molar-refractivity contribution in [1.82, 2.24) is 4.90 Å². The van der Waals surface area contributed by atoms with Gasteiger partial charge in [0.1, 0.15) is 0 Å². The summed E-state index contributed by atoms with van der Waals surface area (Å²) in [5.74, 6) is 1.98. The van der Waals surface area contributed by atoms with Crippen molar-refractivity contribution in [2.24, 2.45) is 17.8 Å². The Bertz CT molecular complexity index is 702. The first-order valence-electron chi connectivity index (χ1n) is 11.4. The number of carbonyl (C=O) groups is 1. The molecule has 1 N–H and O–H groups in total. The summed E-state index contributed by atoms with van der Waals surface area (Å²) in [6.45, 7) is 7.75. The van der Waals surface area contributed by atoms with Crippen LogP contribution in [0.1, 0.15) is 69.6 Å². The summed E-state index contributed by atoms with van der Waals surface area (Å²) in [4.78, 5) is 16.9. The van der Waals surface area contributed by atoms with Gasteiger partial charge in [0.2, 0.25) is 5.91 Å². The lowest BCUT2D eigenvalue weighted by atomic mass is 9.75. The van der Waals surface area contributed by atoms with Crippen LogP contribution >= 0.6 is 0 Å². The predicted octanol–water partition coefficient (Wildman–Crippen LogP) is 4.17. The maximum Gasteiger partial charge on any atom is 0.229 e. The SMILES string of the molecule is CC(C)C(=O)N1CCCc2cc([C@H](O)CN3CC[C@H]4CCCC[C@H]4C3)ccc21. The molecule has 4 rings (SSSR count). The third kappa shape index (κ3) is 4.13. The Balaban J connectivity index is 1.42. The lowest BCUT2D eigenvalue weighted by Crippen LogP contribution is -2.43. The normalized spacial score (nSPS) is 26.6. The monoisotopic (exact) mass is 384 g/mol. The van der Waals surface area contributed by atoms with E-state index >= 15 is 0 Å². The fourth-order valence-electron chi connectivity index (χ4n) is 5.56. The number of aliphatic hydroxyl groups is 1. The smallest absolute Gasteiger partial charge is 0.229 e. The van der Waals surface area contributed by atoms with E-state index in [0.29, 0.717) is 0 Å². The zero-order valence-electron chi connectivity index (χ0n) is 17.6. The third-order valence-electron chi connectivity index (χ3n) is 7.17. The molecule has 0 spiro atoms. The van der Waals surface area contributed by atoms with Crippen molar-refractivity contribution < 1.29 is 9.90 Å². The van der Waals surface area contributed by atoms with Crippen LogP contribution in [0, 0.1) is 17.8 Å². The fourth-order valence-corrected chi connectivity index (χ4v) is 5.56. The van der Waals surface area contributed by atoms with E-state index in [-0.39, 0.29) is 11.8 Å². The number of likely N-dealkylation sites (tertiary alicyclic amines) is 1. The predicted molar refractivity (Wildman–Crippen MR) is 113 cm³/mol. The molecule has 0 bridgehead atoms. The number of carbonyl (C=O) groups excluding carboxylic acids is 1. The average Bonchev–Trinajstić information content (AvgIpc) is 2.72. The highest BCUT2D eigenvalue weighted by molar-refractivity contribution is 5.95. The highest BCUT2D eigenvalue weighted by Gasteiger charge is 2.32. The minimum absolute atomic E-state index is 0.0129. The standard InChI is InChI=1S/C24H36N2O2/c1-17(2)24(28)26-12-5-8-19-14-20(9-10-22(19)26)23(27)16-25-13-11-18-6-3-4-7-21(18)15-25/h9-10,14,17-18,21,23,27H,3-8,11-13,15-16H2,1-2H3/t18-,21+,23-/m1/s1. The number of piperidine rings is 1. The number of β-amino-alcohol motifs (C(OH)–C–C–N with tert-alkyl or cyclic N) is 1. The van der Waals surface area contributed by atoms with E-state index < -0.39 is 6.10 Å². The Hall–Kier alpha value is -1.39. The van der Waals surface area contributed by atoms with Gasteiger partial charge in [0.25, 0.3) is 0 Å². The number of aliphatic hydroxyl groups excluding tert-OH is 1. The van der Waals surface area contributed by atoms with Gasteiger partial charge in [-0.25, -0.2) is 0 Å². The summed E-state index contributed by atoms with van der Waals surface area (Å²) in [5, 5.41) is 10.9. The van der Waals surface area contributed by atoms with Crippen molar-refractivity contribution in [2.45, 2.75) is 64.9 Å². The van der Waals surface area contributed by atoms with E-state index in [1.165, 1.54) is 37.7 Å². The molecule has 1 saturated heterocycles. The maximum absolute atomic E-state index is 12.5. The first-order chi connectivity index (χ1) is 13.5. The van der Waals surface area contributed by atoms with Crippen LogP contribution in [-0.4, -0.2) is 42.1 Å². The summed E-state index contributed by atoms with van der Waals surface area (Å²) < 4.78 is 0. The number of hydrogen-bond acceptors (Lipinski definition) is 3. The number of benzene rings is 1. The van der Waals surface area contributed by atoms with Crippen molar-refractivity contribution in [1.29, 1.82) is 0 Å². The molecular formula is C24H36N2O2. The van der Waals surface area contributed by atoms with Gasteiger partial charge in [-0.2, -0.15) is 0 Å². The molecule has 4 heteroatoms. The van der Waals surface area contributed by atoms with Crippen molar-refractivity contribution in [2.75, 3.05) is 31.1 Å². The van der Waals surface area contributed by atoms with Gasteiger partial charge in [-0.3, -0.25) is 4.79 Å². The lowest BCUT2D eigenvalue weighted by Gasteiger charge is -2.42. The quantitative estimate of drug-likeness (QED) is 0.847. The number of hydrogen-bond donors (Lipinski definition) is 1. The molecule has 0 aromatic heterocycles. The number of aryl methyl sites for hydroxylation is 1. The Morgan fingerprint density at radius 2 is 1.89 bits per heavy atom. The summed E-state index contributed by atoms with van der Waals surface area (Å²) in [7, 11) is 0. The van der Waals surface area contributed by atoms with Crippen molar-refractivity contribution in [3.05, 3.63) is 29.3 Å². The van der Waals surface area contributed by atoms with Crippen LogP contribution < -0.4 is 4.90 Å². The Labute approximate surface area is 169 Å². The van der Waals surface area contributed by atoms with Crippen molar-refractivity contribution >= 4 is 11.6 Å². The Morgan fingerprint density at radius 3 is 2.68 bits per heavy atom. The zero-order valence-corrected chi connectivity index (χ0v) is 17.6. The molecule has 1 amide bonds. The minimum atomic E-state index is -0.443. The fraction of sp³-hybridized carbons (Fsp3) is 0.708. The molecule has 1 aromatic carbocycles. The molecule has 2 fully saturated rings. The van der Waals surface area contributed by atoms with Crippen LogP contribution in [0.3, 0.4) is 0 Å². The van der Waals surface area contributed by atoms with E-state index in [0.717, 1.165) is 62.1 Å². The molecule has 0 radical (unpaired) electrons. The number of fused-ring (bicyclic) bond motifs is 2. The molecule has 2 heterocycles. The summed E-state index contributed by atoms with van der Waals surface area (Å²) in [6, 6.07) is 6.23. The molecule has 3 aliphatic rings. The van der Waals surface area contributed by atoms with Crippen LogP contribution in [0.5, 0.6) is 0 Å². The van der Waals surface area contributed by atoms with Crippen LogP contribution in [0.2, 0.25) is 0 Å². The molecule has 3 atom stereocenters. The number of anilines is 1. The molecule has 0 unspecified atom stereocenters. The molecule has 4 nitrogen and oxygen atoms in total. The van der Waals surface area contributed by atoms with Crippen LogP contribution in [-0.2, 0) is 11.2 Å². The number of nitrogens with zero attached hydrogens (tertiary/aromatic N) is 2. The second kappa shape index (κ2) is 8.54. The second-order valence-corrected chi connectivity index (χ2v) is 9.50. The van der Waals surface area contributed by atoms with Crippen LogP contribution in [0.25, 0.3) is 0 Å². The lowest BCUT2D eigenvalue weighted by molar-refractivity contribution is -0.121. The first-order valence-corrected chi connectivity index (χ1v) is 11.4. The van der Waals surface area contributed by atoms with Crippen LogP contribution in [0.4, 0.5) is 5.69 Å². The van der Waals surface area contributed by atoms with E-state index in [9.17, 15) is 9.90 Å². The van der Waals surface area contributed by atoms with E-state index in [1.807, 2.05) is 24.8 Å². The molecule has 1 saturated carbocycles. The molecule has 154 valence electrons. The average molecular weight is 385 g/mol. The molecule has 2 aliphatic heterocycles. The van der Waals surface area contributed by atoms with Gasteiger partial charge < -0.3 is 14.9 Å². The zero-order chi connectivity index (χ0) is 19.7. The van der Waals surface area contributed by atoms with Gasteiger partial charge in [-0.05, 0) is 61.3 Å². The molecular weight excluding hydrogens is 348 g/mol. The van der Waals surface area contributed by atoms with Crippen molar-refractivity contribution in [3.8, 4) is 0 Å². The second-order valence-electron chi connectivity index (χ2n) is 9.50. The van der Waals surface area contributed by atoms with E-state index in [2.05, 4.69) is 17.0 Å².